The summed E-state index contributed by atoms with van der Waals surface area (Å²) in [4.78, 5) is 52.9. The van der Waals surface area contributed by atoms with Crippen molar-refractivity contribution in [3.05, 3.63) is 11.1 Å². The summed E-state index contributed by atoms with van der Waals surface area (Å²) in [5.41, 5.74) is 0.305. The number of thiazole rings is 1. The number of hydrogen-bond acceptors (Lipinski definition) is 10. The third kappa shape index (κ3) is 8.02. The Morgan fingerprint density at radius 2 is 1.90 bits per heavy atom. The number of nitrogens with one attached hydrogen (secondary N) is 2. The Hall–Kier alpha value is -2.34. The third-order valence-electron chi connectivity index (χ3n) is 4.37. The van der Waals surface area contributed by atoms with Gasteiger partial charge in [0.1, 0.15) is 5.69 Å². The highest BCUT2D eigenvalue weighted by molar-refractivity contribution is 8.14. The molecule has 1 fully saturated rings. The molecule has 1 aliphatic rings. The van der Waals surface area contributed by atoms with Crippen LogP contribution in [0.15, 0.2) is 5.38 Å². The number of carbonyl (C=O) groups excluding carboxylic acids is 4. The number of aromatic nitrogens is 1. The Labute approximate surface area is 189 Å². The SMILES string of the molecule is CC(=O)OC(C)OC(=O)NC[C@@H](NC(=O)c1csc(N2CC(SC(C)=O)C2)n1)C(C)C. The lowest BCUT2D eigenvalue weighted by atomic mass is 10.0. The van der Waals surface area contributed by atoms with E-state index < -0.39 is 18.4 Å². The van der Waals surface area contributed by atoms with Gasteiger partial charge in [0.15, 0.2) is 10.2 Å². The fraction of sp³-hybridized carbons (Fsp3) is 0.632. The molecule has 10 nitrogen and oxygen atoms in total. The van der Waals surface area contributed by atoms with Gasteiger partial charge in [0.25, 0.3) is 5.91 Å². The van der Waals surface area contributed by atoms with Gasteiger partial charge in [0, 0.05) is 57.1 Å². The van der Waals surface area contributed by atoms with E-state index in [1.807, 2.05) is 18.7 Å². The normalized spacial score (nSPS) is 15.6. The van der Waals surface area contributed by atoms with Gasteiger partial charge >= 0.3 is 12.1 Å². The molecule has 0 aliphatic carbocycles. The minimum absolute atomic E-state index is 0.0352. The van der Waals surface area contributed by atoms with Crippen LogP contribution < -0.4 is 15.5 Å². The van der Waals surface area contributed by atoms with E-state index in [0.717, 1.165) is 18.2 Å². The van der Waals surface area contributed by atoms with Crippen LogP contribution in [-0.2, 0) is 19.1 Å². The molecule has 2 amide bonds. The molecule has 0 saturated carbocycles. The van der Waals surface area contributed by atoms with E-state index in [-0.39, 0.29) is 34.8 Å². The van der Waals surface area contributed by atoms with Crippen LogP contribution in [0, 0.1) is 5.92 Å². The molecule has 0 bridgehead atoms. The smallest absolute Gasteiger partial charge is 0.410 e. The molecular weight excluding hydrogens is 444 g/mol. The first-order chi connectivity index (χ1) is 14.5. The van der Waals surface area contributed by atoms with E-state index in [1.165, 1.54) is 36.9 Å². The van der Waals surface area contributed by atoms with E-state index >= 15 is 0 Å². The predicted molar refractivity (Wildman–Crippen MR) is 118 cm³/mol. The highest BCUT2D eigenvalue weighted by Crippen LogP contribution is 2.30. The fourth-order valence-electron chi connectivity index (χ4n) is 2.76. The van der Waals surface area contributed by atoms with E-state index in [1.54, 1.807) is 12.3 Å². The van der Waals surface area contributed by atoms with Crippen LogP contribution in [-0.4, -0.2) is 65.3 Å². The molecule has 31 heavy (non-hydrogen) atoms. The second kappa shape index (κ2) is 11.3. The van der Waals surface area contributed by atoms with Crippen LogP contribution in [0.5, 0.6) is 0 Å². The molecule has 12 heteroatoms. The highest BCUT2D eigenvalue weighted by Gasteiger charge is 2.31. The summed E-state index contributed by atoms with van der Waals surface area (Å²) in [5, 5.41) is 8.24. The number of rotatable bonds is 9. The Bertz CT molecular complexity index is 809. The van der Waals surface area contributed by atoms with E-state index in [2.05, 4.69) is 15.6 Å². The zero-order chi connectivity index (χ0) is 23.1. The van der Waals surface area contributed by atoms with E-state index in [4.69, 9.17) is 9.47 Å². The standard InChI is InChI=1S/C19H28N4O6S2/c1-10(2)15(6-20-19(27)29-13(5)28-11(3)24)21-17(26)16-9-30-18(22-16)23-7-14(8-23)31-12(4)25/h9-10,13-15H,6-8H2,1-5H3,(H,20,27)(H,21,26)/t13?,15-/m1/s1. The van der Waals surface area contributed by atoms with Gasteiger partial charge in [-0.25, -0.2) is 9.78 Å². The summed E-state index contributed by atoms with van der Waals surface area (Å²) in [6.07, 6.45) is -1.76. The van der Waals surface area contributed by atoms with Gasteiger partial charge in [-0.1, -0.05) is 25.6 Å². The summed E-state index contributed by atoms with van der Waals surface area (Å²) in [7, 11) is 0. The summed E-state index contributed by atoms with van der Waals surface area (Å²) in [5.74, 6) is -0.852. The average Bonchev–Trinajstić information content (AvgIpc) is 3.09. The fourth-order valence-corrected chi connectivity index (χ4v) is 4.56. The number of amides is 2. The number of ether oxygens (including phenoxy) is 2. The number of esters is 1. The first-order valence-corrected chi connectivity index (χ1v) is 11.6. The first-order valence-electron chi connectivity index (χ1n) is 9.85. The number of anilines is 1. The second-order valence-corrected chi connectivity index (χ2v) is 9.75. The molecule has 2 N–H and O–H groups in total. The van der Waals surface area contributed by atoms with Gasteiger partial charge in [0.05, 0.1) is 0 Å². The number of thioether (sulfide) groups is 1. The van der Waals surface area contributed by atoms with Crippen molar-refractivity contribution >= 4 is 51.3 Å². The van der Waals surface area contributed by atoms with Gasteiger partial charge in [-0.3, -0.25) is 14.4 Å². The minimum atomic E-state index is -1.01. The van der Waals surface area contributed by atoms with Crippen molar-refractivity contribution in [1.82, 2.24) is 15.6 Å². The lowest BCUT2D eigenvalue weighted by Gasteiger charge is -2.37. The lowest BCUT2D eigenvalue weighted by molar-refractivity contribution is -0.162. The van der Waals surface area contributed by atoms with Crippen LogP contribution in [0.4, 0.5) is 9.93 Å². The zero-order valence-electron chi connectivity index (χ0n) is 18.2. The quantitative estimate of drug-likeness (QED) is 0.410. The van der Waals surface area contributed by atoms with Crippen LogP contribution >= 0.6 is 23.1 Å². The molecule has 0 aromatic carbocycles. The molecular formula is C19H28N4O6S2. The molecule has 2 atom stereocenters. The Morgan fingerprint density at radius 3 is 2.48 bits per heavy atom. The molecule has 2 heterocycles. The minimum Gasteiger partial charge on any atom is -0.426 e. The van der Waals surface area contributed by atoms with Crippen molar-refractivity contribution in [2.24, 2.45) is 5.92 Å². The summed E-state index contributed by atoms with van der Waals surface area (Å²) in [6, 6.07) is -0.352. The van der Waals surface area contributed by atoms with Crippen LogP contribution in [0.1, 0.15) is 45.1 Å². The van der Waals surface area contributed by atoms with Gasteiger partial charge in [-0.05, 0) is 5.92 Å². The number of hydrogen-bond donors (Lipinski definition) is 2. The molecule has 0 spiro atoms. The molecule has 0 radical (unpaired) electrons. The van der Waals surface area contributed by atoms with Gasteiger partial charge in [0.2, 0.25) is 6.29 Å². The number of carbonyl (C=O) groups is 4. The van der Waals surface area contributed by atoms with E-state index in [0.29, 0.717) is 5.69 Å². The van der Waals surface area contributed by atoms with Crippen molar-refractivity contribution in [2.75, 3.05) is 24.5 Å². The molecule has 1 aliphatic heterocycles. The largest absolute Gasteiger partial charge is 0.426 e. The number of alkyl carbamates (subject to hydrolysis) is 1. The molecule has 1 aromatic heterocycles. The van der Waals surface area contributed by atoms with Gasteiger partial charge in [-0.15, -0.1) is 11.3 Å². The molecule has 1 aromatic rings. The first kappa shape index (κ1) is 24.9. The number of nitrogens with zero attached hydrogens (tertiary/aromatic N) is 2. The second-order valence-electron chi connectivity index (χ2n) is 7.44. The topological polar surface area (TPSA) is 127 Å². The predicted octanol–water partition coefficient (Wildman–Crippen LogP) is 2.00. The van der Waals surface area contributed by atoms with Crippen LogP contribution in [0.3, 0.4) is 0 Å². The monoisotopic (exact) mass is 472 g/mol. The van der Waals surface area contributed by atoms with Crippen molar-refractivity contribution in [1.29, 1.82) is 0 Å². The maximum Gasteiger partial charge on any atom is 0.410 e. The molecule has 1 saturated heterocycles. The Kier molecular flexibility index (Phi) is 9.11. The lowest BCUT2D eigenvalue weighted by Crippen LogP contribution is -2.49. The highest BCUT2D eigenvalue weighted by atomic mass is 32.2. The zero-order valence-corrected chi connectivity index (χ0v) is 19.8. The summed E-state index contributed by atoms with van der Waals surface area (Å²) < 4.78 is 9.65. The summed E-state index contributed by atoms with van der Waals surface area (Å²) >= 11 is 2.70. The molecule has 2 rings (SSSR count). The third-order valence-corrected chi connectivity index (χ3v) is 6.23. The van der Waals surface area contributed by atoms with Crippen molar-refractivity contribution in [3.63, 3.8) is 0 Å². The Balaban J connectivity index is 1.83. The molecule has 1 unspecified atom stereocenters. The van der Waals surface area contributed by atoms with Crippen molar-refractivity contribution in [2.45, 2.75) is 52.2 Å². The van der Waals surface area contributed by atoms with Crippen molar-refractivity contribution in [3.8, 4) is 0 Å². The van der Waals surface area contributed by atoms with Gasteiger partial charge in [-0.2, -0.15) is 0 Å². The van der Waals surface area contributed by atoms with Crippen molar-refractivity contribution < 1.29 is 28.7 Å². The Morgan fingerprint density at radius 1 is 1.23 bits per heavy atom. The average molecular weight is 473 g/mol. The maximum atomic E-state index is 12.6. The summed E-state index contributed by atoms with van der Waals surface area (Å²) in [6.45, 7) is 9.63. The van der Waals surface area contributed by atoms with Crippen LogP contribution in [0.25, 0.3) is 0 Å². The van der Waals surface area contributed by atoms with Crippen LogP contribution in [0.2, 0.25) is 0 Å². The van der Waals surface area contributed by atoms with Gasteiger partial charge < -0.3 is 25.0 Å². The maximum absolute atomic E-state index is 12.6. The van der Waals surface area contributed by atoms with E-state index in [9.17, 15) is 19.2 Å². The molecule has 172 valence electrons.